The smallest absolute Gasteiger partial charge is 0.190 e. The van der Waals surface area contributed by atoms with Gasteiger partial charge in [0.2, 0.25) is 0 Å². The van der Waals surface area contributed by atoms with Crippen LogP contribution in [-0.4, -0.2) is 61.8 Å². The van der Waals surface area contributed by atoms with Gasteiger partial charge >= 0.3 is 0 Å². The maximum absolute atomic E-state index is 14.3. The van der Waals surface area contributed by atoms with Gasteiger partial charge in [0.1, 0.15) is 6.61 Å². The van der Waals surface area contributed by atoms with E-state index in [1.165, 1.54) is 11.1 Å². The molecule has 3 heterocycles. The van der Waals surface area contributed by atoms with Crippen molar-refractivity contribution in [1.82, 2.24) is 4.90 Å². The minimum absolute atomic E-state index is 0.0229. The summed E-state index contributed by atoms with van der Waals surface area (Å²) in [7, 11) is 1.61. The van der Waals surface area contributed by atoms with Gasteiger partial charge in [-0.25, -0.2) is 4.39 Å². The molecule has 1 N–H and O–H groups in total. The number of aliphatic hydroxyl groups is 1. The highest BCUT2D eigenvalue weighted by Crippen LogP contribution is 2.44. The lowest BCUT2D eigenvalue weighted by molar-refractivity contribution is -0.146. The summed E-state index contributed by atoms with van der Waals surface area (Å²) >= 11 is 0. The van der Waals surface area contributed by atoms with Gasteiger partial charge in [0.25, 0.3) is 0 Å². The predicted octanol–water partition coefficient (Wildman–Crippen LogP) is 3.53. The minimum Gasteiger partial charge on any atom is -0.493 e. The Hall–Kier alpha value is -1.37. The van der Waals surface area contributed by atoms with Crippen LogP contribution in [0.4, 0.5) is 4.39 Å². The second-order valence-corrected chi connectivity index (χ2v) is 10.2. The molecule has 0 amide bonds. The molecular formula is C23H34FNO4. The molecule has 0 bridgehead atoms. The molecule has 3 unspecified atom stereocenters. The Kier molecular flexibility index (Phi) is 5.55. The average molecular weight is 408 g/mol. The van der Waals surface area contributed by atoms with Gasteiger partial charge in [-0.15, -0.1) is 0 Å². The maximum atomic E-state index is 14.3. The zero-order chi connectivity index (χ0) is 20.8. The lowest BCUT2D eigenvalue weighted by atomic mass is 9.75. The van der Waals surface area contributed by atoms with Crippen molar-refractivity contribution in [2.45, 2.75) is 57.8 Å². The second kappa shape index (κ2) is 7.71. The topological polar surface area (TPSA) is 51.2 Å². The van der Waals surface area contributed by atoms with E-state index in [1.807, 2.05) is 12.1 Å². The third-order valence-corrected chi connectivity index (χ3v) is 6.45. The highest BCUT2D eigenvalue weighted by Gasteiger charge is 2.41. The number of alkyl halides is 1. The summed E-state index contributed by atoms with van der Waals surface area (Å²) in [5, 5.41) is 10.8. The van der Waals surface area contributed by atoms with E-state index in [2.05, 4.69) is 25.7 Å². The van der Waals surface area contributed by atoms with Gasteiger partial charge in [-0.05, 0) is 53.9 Å². The largest absolute Gasteiger partial charge is 0.493 e. The molecule has 162 valence electrons. The number of fused-ring (bicyclic) bond motifs is 3. The van der Waals surface area contributed by atoms with Gasteiger partial charge in [0.05, 0.1) is 26.4 Å². The third kappa shape index (κ3) is 4.39. The van der Waals surface area contributed by atoms with E-state index < -0.39 is 5.67 Å². The van der Waals surface area contributed by atoms with Crippen LogP contribution in [0.1, 0.15) is 50.8 Å². The van der Waals surface area contributed by atoms with Gasteiger partial charge in [-0.1, -0.05) is 20.8 Å². The number of piperidine rings is 1. The fraction of sp³-hybridized carbons (Fsp3) is 0.739. The van der Waals surface area contributed by atoms with E-state index in [9.17, 15) is 9.50 Å². The van der Waals surface area contributed by atoms with E-state index in [0.717, 1.165) is 32.4 Å². The maximum Gasteiger partial charge on any atom is 0.190 e. The SMILES string of the molecule is COc1cc2c(cc1OCC1(F)COC1)CCN1CC(CC(C)(C)C)C(O)CC21. The Labute approximate surface area is 173 Å². The fourth-order valence-corrected chi connectivity index (χ4v) is 4.97. The number of methoxy groups -OCH3 is 1. The molecule has 0 aliphatic carbocycles. The predicted molar refractivity (Wildman–Crippen MR) is 109 cm³/mol. The molecule has 6 heteroatoms. The number of nitrogens with zero attached hydrogens (tertiary/aromatic N) is 1. The van der Waals surface area contributed by atoms with Crippen LogP contribution in [0.15, 0.2) is 12.1 Å². The minimum atomic E-state index is -1.40. The highest BCUT2D eigenvalue weighted by atomic mass is 19.1. The van der Waals surface area contributed by atoms with Gasteiger partial charge in [0.15, 0.2) is 17.2 Å². The summed E-state index contributed by atoms with van der Waals surface area (Å²) < 4.78 is 30.6. The van der Waals surface area contributed by atoms with E-state index in [1.54, 1.807) is 7.11 Å². The molecule has 0 saturated carbocycles. The third-order valence-electron chi connectivity index (χ3n) is 6.45. The van der Waals surface area contributed by atoms with Crippen LogP contribution < -0.4 is 9.47 Å². The first-order chi connectivity index (χ1) is 13.7. The average Bonchev–Trinajstić information content (AvgIpc) is 2.63. The summed E-state index contributed by atoms with van der Waals surface area (Å²) in [6.45, 7) is 8.76. The van der Waals surface area contributed by atoms with E-state index in [0.29, 0.717) is 17.4 Å². The molecule has 2 saturated heterocycles. The number of rotatable bonds is 5. The van der Waals surface area contributed by atoms with E-state index >= 15 is 0 Å². The zero-order valence-electron chi connectivity index (χ0n) is 18.0. The summed E-state index contributed by atoms with van der Waals surface area (Å²) in [5.41, 5.74) is 1.23. The molecule has 29 heavy (non-hydrogen) atoms. The monoisotopic (exact) mass is 407 g/mol. The quantitative estimate of drug-likeness (QED) is 0.809. The van der Waals surface area contributed by atoms with Crippen LogP contribution in [0.2, 0.25) is 0 Å². The van der Waals surface area contributed by atoms with Crippen molar-refractivity contribution < 1.29 is 23.7 Å². The van der Waals surface area contributed by atoms with Gasteiger partial charge in [-0.2, -0.15) is 0 Å². The van der Waals surface area contributed by atoms with Crippen LogP contribution in [0.25, 0.3) is 0 Å². The molecule has 3 aliphatic rings. The molecule has 3 atom stereocenters. The lowest BCUT2D eigenvalue weighted by Gasteiger charge is -2.47. The van der Waals surface area contributed by atoms with Crippen molar-refractivity contribution in [2.75, 3.05) is 40.0 Å². The van der Waals surface area contributed by atoms with Crippen LogP contribution in [0.5, 0.6) is 11.5 Å². The molecule has 1 aromatic rings. The Morgan fingerprint density at radius 3 is 2.66 bits per heavy atom. The van der Waals surface area contributed by atoms with Crippen molar-refractivity contribution in [2.24, 2.45) is 11.3 Å². The van der Waals surface area contributed by atoms with Crippen molar-refractivity contribution in [1.29, 1.82) is 0 Å². The molecular weight excluding hydrogens is 373 g/mol. The molecule has 1 aromatic carbocycles. The molecule has 0 radical (unpaired) electrons. The van der Waals surface area contributed by atoms with Crippen LogP contribution in [0, 0.1) is 11.3 Å². The summed E-state index contributed by atoms with van der Waals surface area (Å²) in [4.78, 5) is 2.51. The van der Waals surface area contributed by atoms with Crippen molar-refractivity contribution >= 4 is 0 Å². The molecule has 2 fully saturated rings. The number of hydrogen-bond acceptors (Lipinski definition) is 5. The van der Waals surface area contributed by atoms with Gasteiger partial charge in [-0.3, -0.25) is 4.90 Å². The van der Waals surface area contributed by atoms with Crippen molar-refractivity contribution in [3.63, 3.8) is 0 Å². The first-order valence-electron chi connectivity index (χ1n) is 10.7. The van der Waals surface area contributed by atoms with E-state index in [-0.39, 0.29) is 37.4 Å². The first-order valence-corrected chi connectivity index (χ1v) is 10.7. The molecule has 5 nitrogen and oxygen atoms in total. The Morgan fingerprint density at radius 1 is 1.28 bits per heavy atom. The fourth-order valence-electron chi connectivity index (χ4n) is 4.97. The van der Waals surface area contributed by atoms with Crippen LogP contribution in [0.3, 0.4) is 0 Å². The number of hydrogen-bond donors (Lipinski definition) is 1. The Balaban J connectivity index is 1.52. The normalized spacial score (nSPS) is 28.8. The number of aliphatic hydroxyl groups excluding tert-OH is 1. The number of ether oxygens (including phenoxy) is 3. The van der Waals surface area contributed by atoms with Gasteiger partial charge < -0.3 is 19.3 Å². The lowest BCUT2D eigenvalue weighted by Crippen LogP contribution is -2.50. The summed E-state index contributed by atoms with van der Waals surface area (Å²) in [6.07, 6.45) is 2.39. The molecule has 4 rings (SSSR count). The molecule has 0 aromatic heterocycles. The highest BCUT2D eigenvalue weighted by molar-refractivity contribution is 5.49. The Morgan fingerprint density at radius 2 is 2.03 bits per heavy atom. The first kappa shape index (κ1) is 20.9. The van der Waals surface area contributed by atoms with Gasteiger partial charge in [0, 0.05) is 19.1 Å². The second-order valence-electron chi connectivity index (χ2n) is 10.2. The standard InChI is InChI=1S/C23H34FNO4/c1-22(2,3)10-16-11-25-6-5-15-7-21(29-14-23(24)12-28-13-23)20(27-4)8-17(15)18(25)9-19(16)26/h7-8,16,18-19,26H,5-6,9-14H2,1-4H3. The summed E-state index contributed by atoms with van der Waals surface area (Å²) in [5.74, 6) is 1.52. The van der Waals surface area contributed by atoms with Crippen LogP contribution >= 0.6 is 0 Å². The molecule has 3 aliphatic heterocycles. The Bertz CT molecular complexity index is 743. The van der Waals surface area contributed by atoms with Crippen LogP contribution in [-0.2, 0) is 11.2 Å². The molecule has 0 spiro atoms. The van der Waals surface area contributed by atoms with E-state index in [4.69, 9.17) is 14.2 Å². The number of benzene rings is 1. The summed E-state index contributed by atoms with van der Waals surface area (Å²) in [6, 6.07) is 4.23. The van der Waals surface area contributed by atoms with Crippen molar-refractivity contribution in [3.8, 4) is 11.5 Å². The van der Waals surface area contributed by atoms with Crippen molar-refractivity contribution in [3.05, 3.63) is 23.3 Å². The number of halogens is 1. The zero-order valence-corrected chi connectivity index (χ0v) is 18.0.